The number of carbonyl (C=O) groups excluding carboxylic acids is 3. The lowest BCUT2D eigenvalue weighted by molar-refractivity contribution is -0.134. The first-order chi connectivity index (χ1) is 15.0. The summed E-state index contributed by atoms with van der Waals surface area (Å²) >= 11 is 0. The second-order valence-corrected chi connectivity index (χ2v) is 8.19. The third-order valence-electron chi connectivity index (χ3n) is 6.39. The first kappa shape index (κ1) is 20.8. The normalized spacial score (nSPS) is 20.4. The number of amides is 3. The van der Waals surface area contributed by atoms with E-state index in [1.165, 1.54) is 6.08 Å². The number of rotatable bonds is 5. The highest BCUT2D eigenvalue weighted by molar-refractivity contribution is 5.97. The summed E-state index contributed by atoms with van der Waals surface area (Å²) in [5.41, 5.74) is 1.07. The van der Waals surface area contributed by atoms with E-state index in [0.29, 0.717) is 32.5 Å². The lowest BCUT2D eigenvalue weighted by Crippen LogP contribution is -2.54. The zero-order valence-electron chi connectivity index (χ0n) is 17.5. The summed E-state index contributed by atoms with van der Waals surface area (Å²) in [6.45, 7) is 5.01. The highest BCUT2D eigenvalue weighted by Gasteiger charge is 2.45. The molecule has 0 bridgehead atoms. The number of anilines is 1. The van der Waals surface area contributed by atoms with Gasteiger partial charge in [0.25, 0.3) is 0 Å². The van der Waals surface area contributed by atoms with E-state index in [0.717, 1.165) is 11.3 Å². The molecule has 2 saturated heterocycles. The molecule has 2 heterocycles. The Bertz CT molecular complexity index is 966. The van der Waals surface area contributed by atoms with Gasteiger partial charge in [-0.15, -0.1) is 0 Å². The van der Waals surface area contributed by atoms with Crippen molar-refractivity contribution in [3.8, 4) is 0 Å². The molecule has 6 nitrogen and oxygen atoms in total. The molecule has 6 heteroatoms. The summed E-state index contributed by atoms with van der Waals surface area (Å²) in [5.74, 6) is -0.171. The van der Waals surface area contributed by atoms with Crippen LogP contribution in [0.5, 0.6) is 0 Å². The second kappa shape index (κ2) is 8.76. The van der Waals surface area contributed by atoms with Crippen molar-refractivity contribution < 1.29 is 14.4 Å². The van der Waals surface area contributed by atoms with Crippen molar-refractivity contribution in [2.75, 3.05) is 24.5 Å². The molecule has 1 atom stereocenters. The van der Waals surface area contributed by atoms with Gasteiger partial charge in [0.15, 0.2) is 0 Å². The van der Waals surface area contributed by atoms with Crippen molar-refractivity contribution in [2.24, 2.45) is 0 Å². The summed E-state index contributed by atoms with van der Waals surface area (Å²) in [5, 5.41) is 3.15. The van der Waals surface area contributed by atoms with Crippen LogP contribution < -0.4 is 10.2 Å². The topological polar surface area (TPSA) is 69.7 Å². The standard InChI is InChI=1S/C25H27N3O3/c1-2-22(29)27-15-13-25(14-16-27,19-9-5-3-6-10-19)24(31)26-20-17-23(30)28(18-20)21-11-7-4-8-12-21/h2-12,20H,1,13-18H2,(H,26,31). The molecule has 2 aromatic rings. The smallest absolute Gasteiger partial charge is 0.245 e. The monoisotopic (exact) mass is 417 g/mol. The number of nitrogens with zero attached hydrogens (tertiary/aromatic N) is 2. The highest BCUT2D eigenvalue weighted by atomic mass is 16.2. The van der Waals surface area contributed by atoms with Gasteiger partial charge in [-0.1, -0.05) is 55.1 Å². The molecule has 4 rings (SSSR count). The highest BCUT2D eigenvalue weighted by Crippen LogP contribution is 2.36. The predicted molar refractivity (Wildman–Crippen MR) is 119 cm³/mol. The van der Waals surface area contributed by atoms with E-state index < -0.39 is 5.41 Å². The summed E-state index contributed by atoms with van der Waals surface area (Å²) in [6, 6.07) is 19.0. The fourth-order valence-electron chi connectivity index (χ4n) is 4.63. The van der Waals surface area contributed by atoms with E-state index in [9.17, 15) is 14.4 Å². The molecule has 31 heavy (non-hydrogen) atoms. The van der Waals surface area contributed by atoms with Gasteiger partial charge in [0.05, 0.1) is 11.5 Å². The van der Waals surface area contributed by atoms with Crippen LogP contribution in [-0.4, -0.2) is 48.3 Å². The molecule has 160 valence electrons. The minimum Gasteiger partial charge on any atom is -0.350 e. The predicted octanol–water partition coefficient (Wildman–Crippen LogP) is 2.65. The maximum atomic E-state index is 13.6. The maximum absolute atomic E-state index is 13.6. The first-order valence-corrected chi connectivity index (χ1v) is 10.7. The largest absolute Gasteiger partial charge is 0.350 e. The van der Waals surface area contributed by atoms with Gasteiger partial charge < -0.3 is 15.1 Å². The zero-order valence-corrected chi connectivity index (χ0v) is 17.5. The summed E-state index contributed by atoms with van der Waals surface area (Å²) < 4.78 is 0. The Morgan fingerprint density at radius 1 is 1.00 bits per heavy atom. The molecule has 3 amide bonds. The number of nitrogens with one attached hydrogen (secondary N) is 1. The van der Waals surface area contributed by atoms with Gasteiger partial charge in [0.1, 0.15) is 0 Å². The molecule has 0 aliphatic carbocycles. The van der Waals surface area contributed by atoms with E-state index in [4.69, 9.17) is 0 Å². The van der Waals surface area contributed by atoms with Crippen LogP contribution in [0.25, 0.3) is 0 Å². The lowest BCUT2D eigenvalue weighted by Gasteiger charge is -2.41. The zero-order chi connectivity index (χ0) is 21.8. The Labute approximate surface area is 182 Å². The van der Waals surface area contributed by atoms with E-state index >= 15 is 0 Å². The summed E-state index contributed by atoms with van der Waals surface area (Å²) in [7, 11) is 0. The van der Waals surface area contributed by atoms with Gasteiger partial charge in [-0.05, 0) is 36.6 Å². The number of likely N-dealkylation sites (tertiary alicyclic amines) is 1. The number of benzene rings is 2. The third kappa shape index (κ3) is 4.10. The first-order valence-electron chi connectivity index (χ1n) is 10.7. The van der Waals surface area contributed by atoms with Crippen molar-refractivity contribution in [1.29, 1.82) is 0 Å². The molecular weight excluding hydrogens is 390 g/mol. The molecule has 2 fully saturated rings. The van der Waals surface area contributed by atoms with Gasteiger partial charge in [0, 0.05) is 31.7 Å². The van der Waals surface area contributed by atoms with Gasteiger partial charge in [-0.3, -0.25) is 14.4 Å². The molecule has 1 unspecified atom stereocenters. The van der Waals surface area contributed by atoms with Crippen molar-refractivity contribution in [3.05, 3.63) is 78.9 Å². The van der Waals surface area contributed by atoms with E-state index in [1.54, 1.807) is 9.80 Å². The molecular formula is C25H27N3O3. The second-order valence-electron chi connectivity index (χ2n) is 8.19. The fraction of sp³-hybridized carbons (Fsp3) is 0.320. The molecule has 0 saturated carbocycles. The Hall–Kier alpha value is -3.41. The van der Waals surface area contributed by atoms with Crippen LogP contribution >= 0.6 is 0 Å². The molecule has 0 aromatic heterocycles. The van der Waals surface area contributed by atoms with Crippen molar-refractivity contribution >= 4 is 23.4 Å². The number of para-hydroxylation sites is 1. The van der Waals surface area contributed by atoms with Crippen LogP contribution in [-0.2, 0) is 19.8 Å². The Kier molecular flexibility index (Phi) is 5.89. The fourth-order valence-corrected chi connectivity index (χ4v) is 4.63. The third-order valence-corrected chi connectivity index (χ3v) is 6.39. The molecule has 2 aliphatic heterocycles. The van der Waals surface area contributed by atoms with Crippen LogP contribution in [0.3, 0.4) is 0 Å². The number of hydrogen-bond acceptors (Lipinski definition) is 3. The van der Waals surface area contributed by atoms with E-state index in [1.807, 2.05) is 60.7 Å². The average Bonchev–Trinajstić information content (AvgIpc) is 3.19. The molecule has 2 aromatic carbocycles. The maximum Gasteiger partial charge on any atom is 0.245 e. The van der Waals surface area contributed by atoms with Gasteiger partial charge in [-0.2, -0.15) is 0 Å². The van der Waals surface area contributed by atoms with E-state index in [-0.39, 0.29) is 30.2 Å². The molecule has 0 spiro atoms. The van der Waals surface area contributed by atoms with Crippen LogP contribution in [0, 0.1) is 0 Å². The molecule has 1 N–H and O–H groups in total. The minimum absolute atomic E-state index is 0.0108. The lowest BCUT2D eigenvalue weighted by atomic mass is 9.71. The quantitative estimate of drug-likeness (QED) is 0.761. The summed E-state index contributed by atoms with van der Waals surface area (Å²) in [4.78, 5) is 41.7. The summed E-state index contributed by atoms with van der Waals surface area (Å²) in [6.07, 6.45) is 2.67. The van der Waals surface area contributed by atoms with Gasteiger partial charge in [0.2, 0.25) is 17.7 Å². The van der Waals surface area contributed by atoms with Crippen molar-refractivity contribution in [2.45, 2.75) is 30.7 Å². The van der Waals surface area contributed by atoms with Gasteiger partial charge in [-0.25, -0.2) is 0 Å². The van der Waals surface area contributed by atoms with Crippen LogP contribution in [0.4, 0.5) is 5.69 Å². The minimum atomic E-state index is -0.720. The Morgan fingerprint density at radius 3 is 2.23 bits per heavy atom. The average molecular weight is 418 g/mol. The van der Waals surface area contributed by atoms with Crippen molar-refractivity contribution in [1.82, 2.24) is 10.2 Å². The van der Waals surface area contributed by atoms with E-state index in [2.05, 4.69) is 11.9 Å². The number of carbonyl (C=O) groups is 3. The molecule has 0 radical (unpaired) electrons. The van der Waals surface area contributed by atoms with Crippen LogP contribution in [0.2, 0.25) is 0 Å². The Balaban J connectivity index is 1.52. The number of piperidine rings is 1. The molecule has 2 aliphatic rings. The van der Waals surface area contributed by atoms with Crippen LogP contribution in [0.15, 0.2) is 73.3 Å². The van der Waals surface area contributed by atoms with Gasteiger partial charge >= 0.3 is 0 Å². The number of hydrogen-bond donors (Lipinski definition) is 1. The van der Waals surface area contributed by atoms with Crippen molar-refractivity contribution in [3.63, 3.8) is 0 Å². The Morgan fingerprint density at radius 2 is 1.61 bits per heavy atom. The SMILES string of the molecule is C=CC(=O)N1CCC(C(=O)NC2CC(=O)N(c3ccccc3)C2)(c2ccccc2)CC1. The van der Waals surface area contributed by atoms with Crippen LogP contribution in [0.1, 0.15) is 24.8 Å².